The standard InChI is InChI=1S/C13H17NS/c1-8-13(14-2)11-6-9-4-3-5-10(9)7-12(11)15-8/h6-8,13-14H,3-5H2,1-2H3. The summed E-state index contributed by atoms with van der Waals surface area (Å²) in [5.41, 5.74) is 4.74. The van der Waals surface area contributed by atoms with E-state index in [1.54, 1.807) is 11.1 Å². The van der Waals surface area contributed by atoms with Gasteiger partial charge in [0.25, 0.3) is 0 Å². The van der Waals surface area contributed by atoms with Crippen molar-refractivity contribution in [2.75, 3.05) is 7.05 Å². The summed E-state index contributed by atoms with van der Waals surface area (Å²) in [7, 11) is 2.07. The number of rotatable bonds is 1. The van der Waals surface area contributed by atoms with Crippen molar-refractivity contribution in [3.8, 4) is 0 Å². The lowest BCUT2D eigenvalue weighted by Gasteiger charge is -2.14. The van der Waals surface area contributed by atoms with E-state index in [1.165, 1.54) is 29.7 Å². The molecule has 1 aromatic carbocycles. The molecule has 0 bridgehead atoms. The quantitative estimate of drug-likeness (QED) is 0.779. The van der Waals surface area contributed by atoms with Gasteiger partial charge in [0.1, 0.15) is 0 Å². The van der Waals surface area contributed by atoms with E-state index in [-0.39, 0.29) is 0 Å². The maximum atomic E-state index is 3.44. The number of hydrogen-bond acceptors (Lipinski definition) is 2. The van der Waals surface area contributed by atoms with Crippen molar-refractivity contribution in [1.29, 1.82) is 0 Å². The largest absolute Gasteiger partial charge is 0.312 e. The van der Waals surface area contributed by atoms with Crippen molar-refractivity contribution in [3.63, 3.8) is 0 Å². The minimum Gasteiger partial charge on any atom is -0.312 e. The fourth-order valence-electron chi connectivity index (χ4n) is 2.88. The molecule has 1 aliphatic heterocycles. The van der Waals surface area contributed by atoms with Crippen molar-refractivity contribution < 1.29 is 0 Å². The van der Waals surface area contributed by atoms with Gasteiger partial charge in [-0.15, -0.1) is 11.8 Å². The van der Waals surface area contributed by atoms with Gasteiger partial charge in [-0.25, -0.2) is 0 Å². The topological polar surface area (TPSA) is 12.0 Å². The van der Waals surface area contributed by atoms with Gasteiger partial charge in [-0.1, -0.05) is 13.0 Å². The number of thioether (sulfide) groups is 1. The number of benzene rings is 1. The number of fused-ring (bicyclic) bond motifs is 2. The zero-order valence-electron chi connectivity index (χ0n) is 9.34. The number of hydrogen-bond donors (Lipinski definition) is 1. The first-order chi connectivity index (χ1) is 7.29. The molecule has 1 heterocycles. The third-order valence-electron chi connectivity index (χ3n) is 3.65. The van der Waals surface area contributed by atoms with E-state index in [4.69, 9.17) is 0 Å². The first-order valence-electron chi connectivity index (χ1n) is 5.79. The second kappa shape index (κ2) is 3.53. The molecule has 2 unspecified atom stereocenters. The Hall–Kier alpha value is -0.470. The summed E-state index contributed by atoms with van der Waals surface area (Å²) in [5, 5.41) is 4.11. The Balaban J connectivity index is 2.08. The molecule has 0 saturated carbocycles. The predicted octanol–water partition coefficient (Wildman–Crippen LogP) is 2.93. The minimum atomic E-state index is 0.552. The second-order valence-electron chi connectivity index (χ2n) is 4.60. The molecule has 1 N–H and O–H groups in total. The maximum Gasteiger partial charge on any atom is 0.0450 e. The van der Waals surface area contributed by atoms with Crippen molar-refractivity contribution >= 4 is 11.8 Å². The third-order valence-corrected chi connectivity index (χ3v) is 4.90. The molecule has 0 spiro atoms. The third kappa shape index (κ3) is 1.42. The normalized spacial score (nSPS) is 27.9. The highest BCUT2D eigenvalue weighted by Gasteiger charge is 2.30. The van der Waals surface area contributed by atoms with Crippen LogP contribution in [0.1, 0.15) is 36.1 Å². The Morgan fingerprint density at radius 1 is 1.27 bits per heavy atom. The first kappa shape index (κ1) is 9.73. The first-order valence-corrected chi connectivity index (χ1v) is 6.67. The highest BCUT2D eigenvalue weighted by Crippen LogP contribution is 2.45. The maximum absolute atomic E-state index is 3.44. The molecule has 0 amide bonds. The van der Waals surface area contributed by atoms with Gasteiger partial charge in [0, 0.05) is 16.2 Å². The van der Waals surface area contributed by atoms with Crippen molar-refractivity contribution in [3.05, 3.63) is 28.8 Å². The lowest BCUT2D eigenvalue weighted by atomic mass is 10.00. The number of aryl methyl sites for hydroxylation is 2. The van der Waals surface area contributed by atoms with Crippen molar-refractivity contribution in [2.45, 2.75) is 42.4 Å². The average molecular weight is 219 g/mol. The summed E-state index contributed by atoms with van der Waals surface area (Å²) in [4.78, 5) is 1.52. The fraction of sp³-hybridized carbons (Fsp3) is 0.538. The Morgan fingerprint density at radius 3 is 2.73 bits per heavy atom. The van der Waals surface area contributed by atoms with E-state index in [9.17, 15) is 0 Å². The summed E-state index contributed by atoms with van der Waals surface area (Å²) >= 11 is 2.03. The van der Waals surface area contributed by atoms with Crippen LogP contribution in [0.5, 0.6) is 0 Å². The van der Waals surface area contributed by atoms with Crippen LogP contribution >= 0.6 is 11.8 Å². The van der Waals surface area contributed by atoms with E-state index in [2.05, 4.69) is 31.4 Å². The molecule has 2 aliphatic rings. The second-order valence-corrected chi connectivity index (χ2v) is 6.02. The minimum absolute atomic E-state index is 0.552. The van der Waals surface area contributed by atoms with Gasteiger partial charge in [0.2, 0.25) is 0 Å². The molecule has 1 aliphatic carbocycles. The van der Waals surface area contributed by atoms with Crippen LogP contribution in [0.25, 0.3) is 0 Å². The Kier molecular flexibility index (Phi) is 2.29. The Bertz CT molecular complexity index is 400. The number of nitrogens with one attached hydrogen (secondary N) is 1. The van der Waals surface area contributed by atoms with E-state index < -0.39 is 0 Å². The van der Waals surface area contributed by atoms with E-state index >= 15 is 0 Å². The van der Waals surface area contributed by atoms with Crippen LogP contribution in [0.3, 0.4) is 0 Å². The molecule has 0 aromatic heterocycles. The van der Waals surface area contributed by atoms with Gasteiger partial charge in [-0.05, 0) is 49.1 Å². The molecule has 15 heavy (non-hydrogen) atoms. The molecule has 0 saturated heterocycles. The molecule has 0 radical (unpaired) electrons. The summed E-state index contributed by atoms with van der Waals surface area (Å²) in [6, 6.07) is 5.45. The van der Waals surface area contributed by atoms with Crippen LogP contribution in [0.4, 0.5) is 0 Å². The van der Waals surface area contributed by atoms with Crippen LogP contribution in [0.2, 0.25) is 0 Å². The van der Waals surface area contributed by atoms with Gasteiger partial charge >= 0.3 is 0 Å². The average Bonchev–Trinajstić information content (AvgIpc) is 2.76. The Labute approximate surface area is 95.6 Å². The molecule has 1 aromatic rings. The monoisotopic (exact) mass is 219 g/mol. The van der Waals surface area contributed by atoms with E-state index in [1.807, 2.05) is 11.8 Å². The van der Waals surface area contributed by atoms with Crippen LogP contribution in [0, 0.1) is 0 Å². The van der Waals surface area contributed by atoms with Gasteiger partial charge in [-0.3, -0.25) is 0 Å². The molecule has 3 rings (SSSR count). The van der Waals surface area contributed by atoms with Crippen LogP contribution in [-0.2, 0) is 12.8 Å². The molecule has 80 valence electrons. The summed E-state index contributed by atoms with van der Waals surface area (Å²) < 4.78 is 0. The lowest BCUT2D eigenvalue weighted by molar-refractivity contribution is 0.595. The summed E-state index contributed by atoms with van der Waals surface area (Å²) in [5.74, 6) is 0. The molecule has 0 fully saturated rings. The van der Waals surface area contributed by atoms with Crippen LogP contribution < -0.4 is 5.32 Å². The van der Waals surface area contributed by atoms with Crippen LogP contribution in [0.15, 0.2) is 17.0 Å². The summed E-state index contributed by atoms with van der Waals surface area (Å²) in [6.07, 6.45) is 3.93. The van der Waals surface area contributed by atoms with Gasteiger partial charge in [-0.2, -0.15) is 0 Å². The molecular formula is C13H17NS. The molecule has 2 atom stereocenters. The van der Waals surface area contributed by atoms with Gasteiger partial charge in [0.15, 0.2) is 0 Å². The molecular weight excluding hydrogens is 202 g/mol. The predicted molar refractivity (Wildman–Crippen MR) is 65.6 cm³/mol. The lowest BCUT2D eigenvalue weighted by Crippen LogP contribution is -2.21. The van der Waals surface area contributed by atoms with E-state index in [0.29, 0.717) is 11.3 Å². The summed E-state index contributed by atoms with van der Waals surface area (Å²) in [6.45, 7) is 2.32. The van der Waals surface area contributed by atoms with Crippen molar-refractivity contribution in [1.82, 2.24) is 5.32 Å². The van der Waals surface area contributed by atoms with Crippen LogP contribution in [-0.4, -0.2) is 12.3 Å². The highest BCUT2D eigenvalue weighted by atomic mass is 32.2. The molecule has 1 nitrogen and oxygen atoms in total. The van der Waals surface area contributed by atoms with Gasteiger partial charge < -0.3 is 5.32 Å². The van der Waals surface area contributed by atoms with Crippen molar-refractivity contribution in [2.24, 2.45) is 0 Å². The fourth-order valence-corrected chi connectivity index (χ4v) is 4.23. The Morgan fingerprint density at radius 2 is 2.00 bits per heavy atom. The van der Waals surface area contributed by atoms with Gasteiger partial charge in [0.05, 0.1) is 0 Å². The zero-order valence-corrected chi connectivity index (χ0v) is 10.2. The smallest absolute Gasteiger partial charge is 0.0450 e. The molecule has 2 heteroatoms. The highest BCUT2D eigenvalue weighted by molar-refractivity contribution is 8.00. The zero-order chi connectivity index (χ0) is 10.4. The van der Waals surface area contributed by atoms with E-state index in [0.717, 1.165) is 0 Å². The SMILES string of the molecule is CNC1c2cc3c(cc2SC1C)CCC3.